The molecule has 174 valence electrons. The molecular weight excluding hydrogens is 462 g/mol. The van der Waals surface area contributed by atoms with E-state index in [4.69, 9.17) is 4.74 Å². The maximum absolute atomic E-state index is 12.3. The fourth-order valence-electron chi connectivity index (χ4n) is 2.95. The van der Waals surface area contributed by atoms with Crippen molar-refractivity contribution in [2.75, 3.05) is 12.9 Å². The molecule has 0 aromatic heterocycles. The van der Waals surface area contributed by atoms with Gasteiger partial charge in [0.25, 0.3) is 11.6 Å². The number of nitro groups is 1. The highest BCUT2D eigenvalue weighted by Gasteiger charge is 2.24. The molecule has 0 heterocycles. The smallest absolute Gasteiger partial charge is 0.338 e. The lowest BCUT2D eigenvalue weighted by Gasteiger charge is -2.09. The highest BCUT2D eigenvalue weighted by Crippen LogP contribution is 2.25. The number of benzene rings is 3. The topological polar surface area (TPSA) is 145 Å². The number of nitrogens with zero attached hydrogens (tertiary/aromatic N) is 2. The van der Waals surface area contributed by atoms with E-state index in [1.165, 1.54) is 0 Å². The van der Waals surface area contributed by atoms with Crippen LogP contribution >= 0.6 is 0 Å². The van der Waals surface area contributed by atoms with Crippen LogP contribution in [0.1, 0.15) is 21.5 Å². The van der Waals surface area contributed by atoms with E-state index in [2.05, 4.69) is 10.5 Å². The number of nitrogens with one attached hydrogen (secondary N) is 1. The van der Waals surface area contributed by atoms with E-state index in [1.807, 2.05) is 60.7 Å². The fourth-order valence-corrected chi connectivity index (χ4v) is 3.78. The highest BCUT2D eigenvalue weighted by atomic mass is 32.2. The second-order valence-corrected chi connectivity index (χ2v) is 9.00. The molecule has 0 spiro atoms. The minimum atomic E-state index is -3.88. The van der Waals surface area contributed by atoms with Crippen molar-refractivity contribution in [2.45, 2.75) is 4.90 Å². The number of carbonyl (C=O) groups excluding carboxylic acids is 2. The van der Waals surface area contributed by atoms with Gasteiger partial charge in [0, 0.05) is 23.4 Å². The summed E-state index contributed by atoms with van der Waals surface area (Å²) in [6, 6.07) is 21.1. The molecular formula is C23H19N3O7S. The number of rotatable bonds is 8. The zero-order chi connectivity index (χ0) is 24.7. The second kappa shape index (κ2) is 10.5. The van der Waals surface area contributed by atoms with Crippen LogP contribution in [0.3, 0.4) is 0 Å². The number of carbonyl (C=O) groups is 2. The Hall–Kier alpha value is -4.38. The summed E-state index contributed by atoms with van der Waals surface area (Å²) in [4.78, 5) is 34.2. The molecule has 34 heavy (non-hydrogen) atoms. The molecule has 1 N–H and O–H groups in total. The predicted octanol–water partition coefficient (Wildman–Crippen LogP) is 2.72. The van der Waals surface area contributed by atoms with Crippen molar-refractivity contribution in [3.05, 3.63) is 106 Å². The molecule has 0 saturated heterocycles. The lowest BCUT2D eigenvalue weighted by Crippen LogP contribution is -2.26. The van der Waals surface area contributed by atoms with E-state index in [0.717, 1.165) is 35.6 Å². The Morgan fingerprint density at radius 1 is 0.941 bits per heavy atom. The molecule has 11 heteroatoms. The summed E-state index contributed by atoms with van der Waals surface area (Å²) in [7, 11) is -3.88. The number of nitro benzene ring substituents is 1. The maximum atomic E-state index is 12.3. The first-order valence-electron chi connectivity index (χ1n) is 9.80. The molecule has 3 aromatic carbocycles. The number of ether oxygens (including phenoxy) is 1. The van der Waals surface area contributed by atoms with E-state index >= 15 is 0 Å². The van der Waals surface area contributed by atoms with Crippen molar-refractivity contribution < 1.29 is 27.7 Å². The van der Waals surface area contributed by atoms with Gasteiger partial charge in [-0.2, -0.15) is 5.10 Å². The Balaban J connectivity index is 1.72. The summed E-state index contributed by atoms with van der Waals surface area (Å²) in [6.45, 7) is -0.708. The lowest BCUT2D eigenvalue weighted by molar-refractivity contribution is -0.387. The number of hydrogen-bond acceptors (Lipinski definition) is 8. The molecule has 0 atom stereocenters. The molecule has 0 unspecified atom stereocenters. The summed E-state index contributed by atoms with van der Waals surface area (Å²) in [6.07, 6.45) is 0.817. The third-order valence-corrected chi connectivity index (χ3v) is 5.66. The van der Waals surface area contributed by atoms with Crippen molar-refractivity contribution in [1.29, 1.82) is 0 Å². The van der Waals surface area contributed by atoms with E-state index in [-0.39, 0.29) is 5.56 Å². The Kier molecular flexibility index (Phi) is 7.49. The largest absolute Gasteiger partial charge is 0.452 e. The van der Waals surface area contributed by atoms with Crippen LogP contribution in [-0.2, 0) is 19.4 Å². The van der Waals surface area contributed by atoms with Crippen molar-refractivity contribution >= 4 is 33.1 Å². The first kappa shape index (κ1) is 24.3. The average molecular weight is 481 g/mol. The van der Waals surface area contributed by atoms with Gasteiger partial charge in [-0.3, -0.25) is 14.9 Å². The first-order chi connectivity index (χ1) is 16.2. The molecule has 0 aliphatic heterocycles. The Morgan fingerprint density at radius 3 is 2.00 bits per heavy atom. The SMILES string of the molecule is CS(=O)(=O)c1ccc(C(=O)OCC(=O)NN=C(c2ccccc2)c2ccccc2)cc1[N+](=O)[O-]. The summed E-state index contributed by atoms with van der Waals surface area (Å²) in [5.41, 5.74) is 3.29. The number of hydrazone groups is 1. The predicted molar refractivity (Wildman–Crippen MR) is 123 cm³/mol. The van der Waals surface area contributed by atoms with Crippen LogP contribution in [0, 0.1) is 10.1 Å². The quantitative estimate of drug-likeness (QED) is 0.225. The standard InChI is InChI=1S/C23H19N3O7S/c1-34(31,32)20-13-12-18(14-19(20)26(29)30)23(28)33-15-21(27)24-25-22(16-8-4-2-5-9-16)17-10-6-3-7-11-17/h2-14H,15H2,1H3,(H,24,27). The minimum absolute atomic E-state index is 0.273. The monoisotopic (exact) mass is 481 g/mol. The molecule has 0 bridgehead atoms. The molecule has 0 aliphatic carbocycles. The molecule has 0 fully saturated rings. The van der Waals surface area contributed by atoms with Gasteiger partial charge in [-0.05, 0) is 12.1 Å². The van der Waals surface area contributed by atoms with Gasteiger partial charge in [0.05, 0.1) is 16.2 Å². The molecule has 3 aromatic rings. The molecule has 0 saturated carbocycles. The van der Waals surface area contributed by atoms with Crippen molar-refractivity contribution in [1.82, 2.24) is 5.43 Å². The van der Waals surface area contributed by atoms with Crippen LogP contribution in [-0.4, -0.2) is 43.8 Å². The van der Waals surface area contributed by atoms with Gasteiger partial charge in [-0.1, -0.05) is 60.7 Å². The summed E-state index contributed by atoms with van der Waals surface area (Å²) < 4.78 is 28.3. The highest BCUT2D eigenvalue weighted by molar-refractivity contribution is 7.90. The van der Waals surface area contributed by atoms with Gasteiger partial charge in [0.2, 0.25) is 0 Å². The van der Waals surface area contributed by atoms with Crippen LogP contribution < -0.4 is 5.43 Å². The molecule has 1 amide bonds. The first-order valence-corrected chi connectivity index (χ1v) is 11.7. The maximum Gasteiger partial charge on any atom is 0.338 e. The van der Waals surface area contributed by atoms with Crippen molar-refractivity contribution in [2.24, 2.45) is 5.10 Å². The summed E-state index contributed by atoms with van der Waals surface area (Å²) in [5.74, 6) is -1.77. The Labute approximate surface area is 195 Å². The van der Waals surface area contributed by atoms with Gasteiger partial charge in [-0.25, -0.2) is 18.6 Å². The van der Waals surface area contributed by atoms with Crippen LogP contribution in [0.2, 0.25) is 0 Å². The van der Waals surface area contributed by atoms with Crippen LogP contribution in [0.4, 0.5) is 5.69 Å². The molecule has 10 nitrogen and oxygen atoms in total. The third-order valence-electron chi connectivity index (χ3n) is 4.51. The fraction of sp³-hybridized carbons (Fsp3) is 0.0870. The molecule has 3 rings (SSSR count). The van der Waals surface area contributed by atoms with Gasteiger partial charge in [0.15, 0.2) is 16.4 Å². The van der Waals surface area contributed by atoms with Crippen molar-refractivity contribution in [3.8, 4) is 0 Å². The number of sulfone groups is 1. The van der Waals surface area contributed by atoms with E-state index in [0.29, 0.717) is 5.71 Å². The van der Waals surface area contributed by atoms with E-state index in [1.54, 1.807) is 0 Å². The molecule has 0 radical (unpaired) electrons. The van der Waals surface area contributed by atoms with Gasteiger partial charge in [-0.15, -0.1) is 0 Å². The van der Waals surface area contributed by atoms with E-state index in [9.17, 15) is 28.1 Å². The zero-order valence-electron chi connectivity index (χ0n) is 17.9. The second-order valence-electron chi connectivity index (χ2n) is 7.02. The third kappa shape index (κ3) is 6.11. The van der Waals surface area contributed by atoms with Crippen LogP contribution in [0.25, 0.3) is 0 Å². The van der Waals surface area contributed by atoms with Crippen LogP contribution in [0.15, 0.2) is 88.9 Å². The van der Waals surface area contributed by atoms with Crippen molar-refractivity contribution in [3.63, 3.8) is 0 Å². The number of hydrogen-bond donors (Lipinski definition) is 1. The summed E-state index contributed by atoms with van der Waals surface area (Å²) >= 11 is 0. The number of amides is 1. The average Bonchev–Trinajstić information content (AvgIpc) is 2.83. The van der Waals surface area contributed by atoms with Crippen LogP contribution in [0.5, 0.6) is 0 Å². The summed E-state index contributed by atoms with van der Waals surface area (Å²) in [5, 5.41) is 15.4. The van der Waals surface area contributed by atoms with Gasteiger partial charge < -0.3 is 4.74 Å². The normalized spacial score (nSPS) is 10.7. The Bertz CT molecular complexity index is 1310. The van der Waals surface area contributed by atoms with E-state index < -0.39 is 43.8 Å². The van der Waals surface area contributed by atoms with Gasteiger partial charge >= 0.3 is 5.97 Å². The Morgan fingerprint density at radius 2 is 1.50 bits per heavy atom. The lowest BCUT2D eigenvalue weighted by atomic mass is 10.0. The minimum Gasteiger partial charge on any atom is -0.452 e. The number of esters is 1. The van der Waals surface area contributed by atoms with Gasteiger partial charge in [0.1, 0.15) is 4.90 Å². The molecule has 0 aliphatic rings. The zero-order valence-corrected chi connectivity index (χ0v) is 18.7.